The van der Waals surface area contributed by atoms with E-state index in [2.05, 4.69) is 5.32 Å². The first-order valence-electron chi connectivity index (χ1n) is 9.77. The Hall–Kier alpha value is -2.18. The van der Waals surface area contributed by atoms with Crippen molar-refractivity contribution in [2.24, 2.45) is 5.92 Å². The maximum Gasteiger partial charge on any atom is 0.224 e. The van der Waals surface area contributed by atoms with E-state index in [1.807, 2.05) is 67.6 Å². The van der Waals surface area contributed by atoms with Crippen LogP contribution in [0.3, 0.4) is 0 Å². The highest BCUT2D eigenvalue weighted by atomic mass is 32.2. The smallest absolute Gasteiger partial charge is 0.224 e. The minimum atomic E-state index is -3.19. The fraction of sp³-hybridized carbons (Fsp3) is 0.409. The average molecular weight is 401 g/mol. The summed E-state index contributed by atoms with van der Waals surface area (Å²) in [6.45, 7) is 4.48. The number of amides is 1. The first-order valence-corrected chi connectivity index (χ1v) is 11.4. The molecule has 2 aromatic rings. The Morgan fingerprint density at radius 1 is 1.00 bits per heavy atom. The van der Waals surface area contributed by atoms with Gasteiger partial charge in [-0.15, -0.1) is 0 Å². The molecule has 1 fully saturated rings. The summed E-state index contributed by atoms with van der Waals surface area (Å²) in [4.78, 5) is 13.1. The van der Waals surface area contributed by atoms with Crippen LogP contribution < -0.4 is 5.32 Å². The summed E-state index contributed by atoms with van der Waals surface area (Å²) in [6, 6.07) is 19.9. The van der Waals surface area contributed by atoms with Gasteiger partial charge in [0.05, 0.1) is 11.3 Å². The zero-order valence-electron chi connectivity index (χ0n) is 16.5. The highest BCUT2D eigenvalue weighted by molar-refractivity contribution is 7.89. The van der Waals surface area contributed by atoms with Crippen molar-refractivity contribution in [1.82, 2.24) is 9.62 Å². The summed E-state index contributed by atoms with van der Waals surface area (Å²) < 4.78 is 25.6. The van der Waals surface area contributed by atoms with Crippen LogP contribution in [-0.4, -0.2) is 37.5 Å². The second kappa shape index (κ2) is 8.45. The van der Waals surface area contributed by atoms with E-state index in [4.69, 9.17) is 0 Å². The van der Waals surface area contributed by atoms with E-state index in [0.29, 0.717) is 25.9 Å². The molecule has 3 rings (SSSR count). The maximum absolute atomic E-state index is 13.1. The Bertz CT molecular complexity index is 850. The Balaban J connectivity index is 1.78. The Morgan fingerprint density at radius 3 is 1.89 bits per heavy atom. The van der Waals surface area contributed by atoms with Gasteiger partial charge >= 0.3 is 0 Å². The SMILES string of the molecule is CCS(=O)(=O)N1CCC(C(=O)NC(C)(c2ccccc2)c2ccccc2)CC1. The Kier molecular flexibility index (Phi) is 6.20. The van der Waals surface area contributed by atoms with Gasteiger partial charge in [-0.1, -0.05) is 60.7 Å². The quantitative estimate of drug-likeness (QED) is 0.810. The molecule has 1 aliphatic rings. The van der Waals surface area contributed by atoms with E-state index in [1.54, 1.807) is 6.92 Å². The van der Waals surface area contributed by atoms with Gasteiger partial charge in [0.15, 0.2) is 0 Å². The van der Waals surface area contributed by atoms with Crippen LogP contribution in [0.1, 0.15) is 37.8 Å². The number of sulfonamides is 1. The minimum absolute atomic E-state index is 0.0243. The average Bonchev–Trinajstić information content (AvgIpc) is 2.75. The first kappa shape index (κ1) is 20.6. The third-order valence-electron chi connectivity index (χ3n) is 5.66. The predicted molar refractivity (Wildman–Crippen MR) is 111 cm³/mol. The van der Waals surface area contributed by atoms with Crippen molar-refractivity contribution in [2.75, 3.05) is 18.8 Å². The molecule has 2 aromatic carbocycles. The standard InChI is InChI=1S/C22H28N2O3S/c1-3-28(26,27)24-16-14-18(15-17-24)21(25)23-22(2,19-10-6-4-7-11-19)20-12-8-5-9-13-20/h4-13,18H,3,14-17H2,1-2H3,(H,23,25). The number of nitrogens with one attached hydrogen (secondary N) is 1. The molecule has 1 amide bonds. The van der Waals surface area contributed by atoms with Crippen molar-refractivity contribution in [3.63, 3.8) is 0 Å². The highest BCUT2D eigenvalue weighted by Gasteiger charge is 2.35. The number of hydrogen-bond donors (Lipinski definition) is 1. The van der Waals surface area contributed by atoms with Crippen molar-refractivity contribution < 1.29 is 13.2 Å². The van der Waals surface area contributed by atoms with E-state index in [1.165, 1.54) is 4.31 Å². The van der Waals surface area contributed by atoms with Crippen molar-refractivity contribution in [1.29, 1.82) is 0 Å². The first-order chi connectivity index (χ1) is 13.4. The molecular formula is C22H28N2O3S. The summed E-state index contributed by atoms with van der Waals surface area (Å²) in [5, 5.41) is 3.26. The molecule has 0 spiro atoms. The van der Waals surface area contributed by atoms with Crippen molar-refractivity contribution in [2.45, 2.75) is 32.2 Å². The van der Waals surface area contributed by atoms with Crippen molar-refractivity contribution in [3.8, 4) is 0 Å². The molecule has 1 heterocycles. The Morgan fingerprint density at radius 2 is 1.46 bits per heavy atom. The molecule has 0 atom stereocenters. The second-order valence-corrected chi connectivity index (χ2v) is 9.68. The summed E-state index contributed by atoms with van der Waals surface area (Å²) in [7, 11) is -3.19. The van der Waals surface area contributed by atoms with E-state index in [0.717, 1.165) is 11.1 Å². The van der Waals surface area contributed by atoms with Gasteiger partial charge in [-0.3, -0.25) is 4.79 Å². The number of hydrogen-bond acceptors (Lipinski definition) is 3. The largest absolute Gasteiger partial charge is 0.343 e. The van der Waals surface area contributed by atoms with Gasteiger partial charge in [-0.05, 0) is 37.8 Å². The lowest BCUT2D eigenvalue weighted by atomic mass is 9.83. The molecule has 0 aromatic heterocycles. The number of nitrogens with zero attached hydrogens (tertiary/aromatic N) is 1. The van der Waals surface area contributed by atoms with Crippen LogP contribution in [0.25, 0.3) is 0 Å². The van der Waals surface area contributed by atoms with Crippen LogP contribution in [-0.2, 0) is 20.4 Å². The van der Waals surface area contributed by atoms with Gasteiger partial charge in [0.25, 0.3) is 0 Å². The molecule has 1 N–H and O–H groups in total. The fourth-order valence-electron chi connectivity index (χ4n) is 3.78. The topological polar surface area (TPSA) is 66.5 Å². The molecule has 5 nitrogen and oxygen atoms in total. The van der Waals surface area contributed by atoms with Gasteiger partial charge in [0, 0.05) is 19.0 Å². The lowest BCUT2D eigenvalue weighted by Crippen LogP contribution is -2.49. The Labute approximate surface area is 167 Å². The highest BCUT2D eigenvalue weighted by Crippen LogP contribution is 2.30. The summed E-state index contributed by atoms with van der Waals surface area (Å²) in [5.74, 6) is -0.108. The number of benzene rings is 2. The molecule has 0 aliphatic carbocycles. The van der Waals surface area contributed by atoms with E-state index < -0.39 is 15.6 Å². The lowest BCUT2D eigenvalue weighted by molar-refractivity contribution is -0.127. The number of piperidine rings is 1. The number of rotatable bonds is 6. The van der Waals surface area contributed by atoms with Crippen LogP contribution in [0.15, 0.2) is 60.7 Å². The summed E-state index contributed by atoms with van der Waals surface area (Å²) in [6.07, 6.45) is 1.09. The van der Waals surface area contributed by atoms with Gasteiger partial charge in [0.1, 0.15) is 0 Å². The zero-order valence-corrected chi connectivity index (χ0v) is 17.3. The molecule has 6 heteroatoms. The molecule has 1 aliphatic heterocycles. The van der Waals surface area contributed by atoms with E-state index in [9.17, 15) is 13.2 Å². The van der Waals surface area contributed by atoms with Crippen molar-refractivity contribution in [3.05, 3.63) is 71.8 Å². The third-order valence-corrected chi connectivity index (χ3v) is 7.54. The van der Waals surface area contributed by atoms with Crippen LogP contribution in [0.4, 0.5) is 0 Å². The van der Waals surface area contributed by atoms with E-state index in [-0.39, 0.29) is 17.6 Å². The van der Waals surface area contributed by atoms with E-state index >= 15 is 0 Å². The normalized spacial score (nSPS) is 16.6. The number of carbonyl (C=O) groups excluding carboxylic acids is 1. The summed E-state index contributed by atoms with van der Waals surface area (Å²) >= 11 is 0. The molecule has 1 saturated heterocycles. The number of carbonyl (C=O) groups is 1. The maximum atomic E-state index is 13.1. The van der Waals surface area contributed by atoms with Crippen LogP contribution in [0.5, 0.6) is 0 Å². The minimum Gasteiger partial charge on any atom is -0.343 e. The third kappa shape index (κ3) is 4.28. The zero-order chi connectivity index (χ0) is 20.2. The van der Waals surface area contributed by atoms with Crippen molar-refractivity contribution >= 4 is 15.9 Å². The monoisotopic (exact) mass is 400 g/mol. The van der Waals surface area contributed by atoms with Crippen LogP contribution in [0, 0.1) is 5.92 Å². The molecule has 0 unspecified atom stereocenters. The molecule has 0 bridgehead atoms. The van der Waals surface area contributed by atoms with Gasteiger partial charge < -0.3 is 5.32 Å². The molecule has 0 radical (unpaired) electrons. The van der Waals surface area contributed by atoms with Crippen LogP contribution in [0.2, 0.25) is 0 Å². The molecule has 150 valence electrons. The summed E-state index contributed by atoms with van der Waals surface area (Å²) in [5.41, 5.74) is 1.38. The van der Waals surface area contributed by atoms with Gasteiger partial charge in [-0.2, -0.15) is 0 Å². The molecule has 0 saturated carbocycles. The molecule has 28 heavy (non-hydrogen) atoms. The lowest BCUT2D eigenvalue weighted by Gasteiger charge is -2.36. The van der Waals surface area contributed by atoms with Crippen LogP contribution >= 0.6 is 0 Å². The van der Waals surface area contributed by atoms with Gasteiger partial charge in [-0.25, -0.2) is 12.7 Å². The predicted octanol–water partition coefficient (Wildman–Crippen LogP) is 3.13. The van der Waals surface area contributed by atoms with Gasteiger partial charge in [0.2, 0.25) is 15.9 Å². The fourth-order valence-corrected chi connectivity index (χ4v) is 4.91. The molecular weight excluding hydrogens is 372 g/mol. The second-order valence-electron chi connectivity index (χ2n) is 7.42.